The Balaban J connectivity index is 2.54. The van der Waals surface area contributed by atoms with Crippen molar-refractivity contribution in [2.75, 3.05) is 14.2 Å². The second kappa shape index (κ2) is 12.0. The van der Waals surface area contributed by atoms with E-state index in [9.17, 15) is 14.4 Å². The summed E-state index contributed by atoms with van der Waals surface area (Å²) in [5.41, 5.74) is 1.97. The maximum absolute atomic E-state index is 12.6. The molecular weight excluding hydrogens is 360 g/mol. The van der Waals surface area contributed by atoms with Crippen molar-refractivity contribution in [2.45, 2.75) is 58.8 Å². The average molecular weight is 390 g/mol. The first-order chi connectivity index (χ1) is 13.3. The van der Waals surface area contributed by atoms with Crippen molar-refractivity contribution in [2.24, 2.45) is 0 Å². The van der Waals surface area contributed by atoms with E-state index < -0.39 is 5.97 Å². The monoisotopic (exact) mass is 390 g/mol. The van der Waals surface area contributed by atoms with E-state index in [2.05, 4.69) is 12.2 Å². The molecule has 0 bridgehead atoms. The van der Waals surface area contributed by atoms with Crippen molar-refractivity contribution in [1.29, 1.82) is 0 Å². The first-order valence-electron chi connectivity index (χ1n) is 9.47. The number of ketones is 2. The number of carboxylic acid groups (broad SMARTS) is 1. The van der Waals surface area contributed by atoms with Crippen LogP contribution >= 0.6 is 0 Å². The Kier molecular flexibility index (Phi) is 9.99. The largest absolute Gasteiger partial charge is 0.489 e. The van der Waals surface area contributed by atoms with Gasteiger partial charge >= 0.3 is 5.97 Å². The predicted molar refractivity (Wildman–Crippen MR) is 107 cm³/mol. The van der Waals surface area contributed by atoms with Crippen LogP contribution in [0.4, 0.5) is 0 Å². The number of methoxy groups -OCH3 is 2. The minimum Gasteiger partial charge on any atom is -0.489 e. The van der Waals surface area contributed by atoms with Crippen LogP contribution in [0.25, 0.3) is 0 Å². The molecule has 1 aliphatic rings. The molecule has 0 spiro atoms. The number of carbonyl (C=O) groups is 3. The summed E-state index contributed by atoms with van der Waals surface area (Å²) in [6, 6.07) is 0. The van der Waals surface area contributed by atoms with Crippen LogP contribution in [0.15, 0.2) is 46.5 Å². The second-order valence-corrected chi connectivity index (χ2v) is 6.73. The molecule has 1 rings (SSSR count). The third kappa shape index (κ3) is 6.83. The van der Waals surface area contributed by atoms with Gasteiger partial charge in [0.1, 0.15) is 0 Å². The van der Waals surface area contributed by atoms with E-state index in [0.717, 1.165) is 31.3 Å². The molecule has 0 unspecified atom stereocenters. The van der Waals surface area contributed by atoms with Gasteiger partial charge < -0.3 is 14.6 Å². The third-order valence-corrected chi connectivity index (χ3v) is 4.63. The summed E-state index contributed by atoms with van der Waals surface area (Å²) >= 11 is 0. The van der Waals surface area contributed by atoms with Gasteiger partial charge in [-0.05, 0) is 52.4 Å². The van der Waals surface area contributed by atoms with E-state index in [0.29, 0.717) is 24.0 Å². The molecule has 0 aromatic heterocycles. The van der Waals surface area contributed by atoms with E-state index >= 15 is 0 Å². The molecule has 0 aromatic carbocycles. The number of unbranched alkanes of at least 4 members (excludes halogenated alkanes) is 2. The van der Waals surface area contributed by atoms with E-state index in [-0.39, 0.29) is 29.5 Å². The lowest BCUT2D eigenvalue weighted by atomic mass is 9.90. The number of aliphatic carboxylic acids is 1. The molecule has 0 aliphatic heterocycles. The van der Waals surface area contributed by atoms with Gasteiger partial charge in [-0.1, -0.05) is 23.8 Å². The van der Waals surface area contributed by atoms with Crippen molar-refractivity contribution >= 4 is 17.5 Å². The highest BCUT2D eigenvalue weighted by Crippen LogP contribution is 2.28. The fourth-order valence-corrected chi connectivity index (χ4v) is 2.90. The van der Waals surface area contributed by atoms with Gasteiger partial charge in [-0.25, -0.2) is 0 Å². The molecule has 0 aromatic rings. The molecule has 1 N–H and O–H groups in total. The molecule has 1 aliphatic carbocycles. The molecular formula is C22H30O6. The smallest absolute Gasteiger partial charge is 0.303 e. The van der Waals surface area contributed by atoms with Gasteiger partial charge in [-0.15, -0.1) is 0 Å². The van der Waals surface area contributed by atoms with Crippen LogP contribution in [0.5, 0.6) is 0 Å². The van der Waals surface area contributed by atoms with Crippen molar-refractivity contribution in [3.8, 4) is 0 Å². The number of Topliss-reactive ketones (excluding diaryl/α,β-unsaturated/α-hetero) is 2. The number of ether oxygens (including phenoxy) is 2. The Labute approximate surface area is 166 Å². The van der Waals surface area contributed by atoms with Crippen LogP contribution in [0.3, 0.4) is 0 Å². The Hall–Kier alpha value is -2.63. The maximum atomic E-state index is 12.6. The van der Waals surface area contributed by atoms with E-state index in [1.54, 1.807) is 6.92 Å². The van der Waals surface area contributed by atoms with Crippen LogP contribution in [0, 0.1) is 0 Å². The van der Waals surface area contributed by atoms with Crippen LogP contribution in [0.2, 0.25) is 0 Å². The van der Waals surface area contributed by atoms with Crippen LogP contribution in [-0.2, 0) is 23.9 Å². The first-order valence-corrected chi connectivity index (χ1v) is 9.47. The summed E-state index contributed by atoms with van der Waals surface area (Å²) in [5, 5.41) is 8.58. The summed E-state index contributed by atoms with van der Waals surface area (Å²) in [6.45, 7) is 3.64. The average Bonchev–Trinajstić information content (AvgIpc) is 2.66. The summed E-state index contributed by atoms with van der Waals surface area (Å²) in [7, 11) is 2.70. The standard InChI is InChI=1S/C22H30O6/c1-15(11-9-7-5-6-8-10-12-18(23)24)13-14-17-16(2)19(25)21(27-3)22(28-4)20(17)26/h5,7,13H,6,8-12,14H2,1-4H3,(H,23,24)/b7-5+,15-13+. The zero-order valence-corrected chi connectivity index (χ0v) is 17.2. The van der Waals surface area contributed by atoms with Gasteiger partial charge in [0.05, 0.1) is 14.2 Å². The molecule has 0 saturated heterocycles. The fraction of sp³-hybridized carbons (Fsp3) is 0.500. The molecule has 6 heteroatoms. The number of hydrogen-bond acceptors (Lipinski definition) is 5. The normalized spacial score (nSPS) is 15.6. The first kappa shape index (κ1) is 23.4. The Morgan fingerprint density at radius 3 is 2.18 bits per heavy atom. The number of hydrogen-bond donors (Lipinski definition) is 1. The molecule has 0 radical (unpaired) electrons. The molecule has 0 atom stereocenters. The molecule has 0 heterocycles. The second-order valence-electron chi connectivity index (χ2n) is 6.73. The summed E-state index contributed by atoms with van der Waals surface area (Å²) < 4.78 is 10.1. The van der Waals surface area contributed by atoms with Crippen molar-refractivity contribution in [1.82, 2.24) is 0 Å². The maximum Gasteiger partial charge on any atom is 0.303 e. The van der Waals surface area contributed by atoms with Crippen molar-refractivity contribution in [3.05, 3.63) is 46.5 Å². The lowest BCUT2D eigenvalue weighted by Crippen LogP contribution is -2.24. The molecule has 0 fully saturated rings. The lowest BCUT2D eigenvalue weighted by molar-refractivity contribution is -0.137. The number of carboxylic acids is 1. The molecule has 28 heavy (non-hydrogen) atoms. The summed E-state index contributed by atoms with van der Waals surface area (Å²) in [5.74, 6) is -1.44. The topological polar surface area (TPSA) is 89.9 Å². The van der Waals surface area contributed by atoms with Crippen molar-refractivity contribution in [3.63, 3.8) is 0 Å². The number of rotatable bonds is 12. The van der Waals surface area contributed by atoms with Gasteiger partial charge in [-0.3, -0.25) is 14.4 Å². The SMILES string of the molecule is COC1=C(OC)C(=O)C(C/C=C(\C)CC/C=C/CCCCC(=O)O)=C(C)C1=O. The Bertz CT molecular complexity index is 721. The fourth-order valence-electron chi connectivity index (χ4n) is 2.90. The van der Waals surface area contributed by atoms with E-state index in [4.69, 9.17) is 14.6 Å². The molecule has 154 valence electrons. The summed E-state index contributed by atoms with van der Waals surface area (Å²) in [6.07, 6.45) is 10.9. The van der Waals surface area contributed by atoms with Gasteiger partial charge in [0.15, 0.2) is 0 Å². The molecule has 6 nitrogen and oxygen atoms in total. The van der Waals surface area contributed by atoms with Gasteiger partial charge in [0, 0.05) is 17.6 Å². The predicted octanol–water partition coefficient (Wildman–Crippen LogP) is 4.28. The highest BCUT2D eigenvalue weighted by Gasteiger charge is 2.33. The third-order valence-electron chi connectivity index (χ3n) is 4.63. The summed E-state index contributed by atoms with van der Waals surface area (Å²) in [4.78, 5) is 35.3. The zero-order valence-electron chi connectivity index (χ0n) is 17.2. The molecule has 0 saturated carbocycles. The van der Waals surface area contributed by atoms with Gasteiger partial charge in [0.25, 0.3) is 0 Å². The Morgan fingerprint density at radius 1 is 0.964 bits per heavy atom. The minimum atomic E-state index is -0.750. The van der Waals surface area contributed by atoms with E-state index in [1.807, 2.05) is 13.0 Å². The zero-order chi connectivity index (χ0) is 21.1. The minimum absolute atomic E-state index is 0.0371. The van der Waals surface area contributed by atoms with Gasteiger partial charge in [0.2, 0.25) is 23.1 Å². The van der Waals surface area contributed by atoms with Gasteiger partial charge in [-0.2, -0.15) is 0 Å². The number of allylic oxidation sites excluding steroid dienone is 6. The van der Waals surface area contributed by atoms with Crippen molar-refractivity contribution < 1.29 is 29.0 Å². The van der Waals surface area contributed by atoms with Crippen LogP contribution < -0.4 is 0 Å². The molecule has 0 amide bonds. The lowest BCUT2D eigenvalue weighted by Gasteiger charge is -2.19. The Morgan fingerprint density at radius 2 is 1.57 bits per heavy atom. The van der Waals surface area contributed by atoms with Crippen LogP contribution in [-0.4, -0.2) is 36.9 Å². The highest BCUT2D eigenvalue weighted by atomic mass is 16.5. The quantitative estimate of drug-likeness (QED) is 0.304. The highest BCUT2D eigenvalue weighted by molar-refractivity contribution is 6.23. The number of carbonyl (C=O) groups excluding carboxylic acids is 2. The van der Waals surface area contributed by atoms with E-state index in [1.165, 1.54) is 14.2 Å². The van der Waals surface area contributed by atoms with Crippen LogP contribution in [0.1, 0.15) is 58.8 Å².